The van der Waals surface area contributed by atoms with E-state index in [4.69, 9.17) is 0 Å². The van der Waals surface area contributed by atoms with Gasteiger partial charge in [0.2, 0.25) is 0 Å². The van der Waals surface area contributed by atoms with Crippen LogP contribution >= 0.6 is 0 Å². The van der Waals surface area contributed by atoms with Crippen molar-refractivity contribution in [3.8, 4) is 0 Å². The molecule has 0 saturated heterocycles. The summed E-state index contributed by atoms with van der Waals surface area (Å²) < 4.78 is 1.78. The lowest BCUT2D eigenvalue weighted by molar-refractivity contribution is 0.0972. The van der Waals surface area contributed by atoms with Crippen LogP contribution in [0.25, 0.3) is 0 Å². The molecule has 20 heavy (non-hydrogen) atoms. The Bertz CT molecular complexity index is 636. The molecule has 100 valence electrons. The lowest BCUT2D eigenvalue weighted by Crippen LogP contribution is -2.09. The molecule has 0 fully saturated rings. The number of hydrogen-bond acceptors (Lipinski definition) is 2. The minimum atomic E-state index is 0.105. The average molecular weight is 264 g/mol. The largest absolute Gasteiger partial charge is 0.330 e. The van der Waals surface area contributed by atoms with Gasteiger partial charge in [0.05, 0.1) is 12.9 Å². The number of hydrogen-bond donors (Lipinski definition) is 0. The van der Waals surface area contributed by atoms with Gasteiger partial charge < -0.3 is 4.57 Å². The molecule has 0 bridgehead atoms. The van der Waals surface area contributed by atoms with Crippen LogP contribution in [0.2, 0.25) is 0 Å². The summed E-state index contributed by atoms with van der Waals surface area (Å²) in [6, 6.07) is 7.94. The molecule has 1 aliphatic rings. The van der Waals surface area contributed by atoms with Gasteiger partial charge >= 0.3 is 0 Å². The van der Waals surface area contributed by atoms with Gasteiger partial charge in [0.1, 0.15) is 0 Å². The van der Waals surface area contributed by atoms with Gasteiger partial charge in [-0.05, 0) is 12.0 Å². The van der Waals surface area contributed by atoms with Crippen molar-refractivity contribution in [2.45, 2.75) is 18.9 Å². The highest BCUT2D eigenvalue weighted by atomic mass is 16.1. The quantitative estimate of drug-likeness (QED) is 0.794. The molecule has 3 heteroatoms. The maximum absolute atomic E-state index is 12.1. The van der Waals surface area contributed by atoms with E-state index >= 15 is 0 Å². The molecule has 0 amide bonds. The standard InChI is InChI=1S/C17H16N2O/c20-17(12-19-11-10-18-13-19)16-8-6-15(7-9-16)14-4-2-1-3-5-14/h1-4,6-11,13-14H,5,12H2. The number of Topliss-reactive ketones (excluding diaryl/α,β-unsaturated/α-hetero) is 1. The summed E-state index contributed by atoms with van der Waals surface area (Å²) in [5.74, 6) is 0.534. The van der Waals surface area contributed by atoms with Gasteiger partial charge in [-0.15, -0.1) is 0 Å². The van der Waals surface area contributed by atoms with Gasteiger partial charge in [-0.3, -0.25) is 4.79 Å². The molecule has 0 radical (unpaired) electrons. The third-order valence-corrected chi connectivity index (χ3v) is 3.53. The van der Waals surface area contributed by atoms with E-state index in [2.05, 4.69) is 41.4 Å². The number of ketones is 1. The Labute approximate surface area is 118 Å². The van der Waals surface area contributed by atoms with Crippen LogP contribution in [0.5, 0.6) is 0 Å². The monoisotopic (exact) mass is 264 g/mol. The van der Waals surface area contributed by atoms with E-state index in [0.29, 0.717) is 12.5 Å². The van der Waals surface area contributed by atoms with Crippen LogP contribution in [0.3, 0.4) is 0 Å². The summed E-state index contributed by atoms with van der Waals surface area (Å²) in [5, 5.41) is 0. The number of imidazole rings is 1. The molecule has 1 aromatic heterocycles. The van der Waals surface area contributed by atoms with Gasteiger partial charge in [-0.25, -0.2) is 4.98 Å². The smallest absolute Gasteiger partial charge is 0.182 e. The lowest BCUT2D eigenvalue weighted by Gasteiger charge is -2.13. The van der Waals surface area contributed by atoms with E-state index in [1.54, 1.807) is 23.3 Å². The van der Waals surface area contributed by atoms with Gasteiger partial charge in [0, 0.05) is 23.9 Å². The number of nitrogens with zero attached hydrogens (tertiary/aromatic N) is 2. The Morgan fingerprint density at radius 2 is 2.10 bits per heavy atom. The van der Waals surface area contributed by atoms with Crippen molar-refractivity contribution in [1.82, 2.24) is 9.55 Å². The van der Waals surface area contributed by atoms with Crippen molar-refractivity contribution >= 4 is 5.78 Å². The molecule has 3 nitrogen and oxygen atoms in total. The summed E-state index contributed by atoms with van der Waals surface area (Å²) in [6.07, 6.45) is 14.7. The van der Waals surface area contributed by atoms with Crippen molar-refractivity contribution < 1.29 is 4.79 Å². The fourth-order valence-electron chi connectivity index (χ4n) is 2.38. The Balaban J connectivity index is 1.71. The minimum absolute atomic E-state index is 0.105. The van der Waals surface area contributed by atoms with Gasteiger partial charge in [0.25, 0.3) is 0 Å². The lowest BCUT2D eigenvalue weighted by atomic mass is 9.92. The first kappa shape index (κ1) is 12.6. The number of carbonyl (C=O) groups excluding carboxylic acids is 1. The molecule has 3 rings (SSSR count). The number of rotatable bonds is 4. The third kappa shape index (κ3) is 2.77. The Kier molecular flexibility index (Phi) is 3.59. The highest BCUT2D eigenvalue weighted by Gasteiger charge is 2.10. The Hall–Kier alpha value is -2.42. The second kappa shape index (κ2) is 5.70. The molecule has 0 N–H and O–H groups in total. The highest BCUT2D eigenvalue weighted by molar-refractivity contribution is 5.95. The van der Waals surface area contributed by atoms with E-state index in [1.165, 1.54) is 5.56 Å². The topological polar surface area (TPSA) is 34.9 Å². The average Bonchev–Trinajstić information content (AvgIpc) is 3.01. The summed E-state index contributed by atoms with van der Waals surface area (Å²) in [6.45, 7) is 0.339. The number of aromatic nitrogens is 2. The van der Waals surface area contributed by atoms with Gasteiger partial charge in [-0.2, -0.15) is 0 Å². The molecule has 0 aliphatic heterocycles. The zero-order valence-corrected chi connectivity index (χ0v) is 11.1. The van der Waals surface area contributed by atoms with Crippen molar-refractivity contribution in [2.75, 3.05) is 0 Å². The van der Waals surface area contributed by atoms with E-state index in [1.807, 2.05) is 12.1 Å². The Morgan fingerprint density at radius 3 is 2.75 bits per heavy atom. The van der Waals surface area contributed by atoms with Crippen LogP contribution in [0.4, 0.5) is 0 Å². The predicted octanol–water partition coefficient (Wildman–Crippen LogP) is 3.37. The minimum Gasteiger partial charge on any atom is -0.330 e. The number of allylic oxidation sites excluding steroid dienone is 4. The first-order chi connectivity index (χ1) is 9.83. The third-order valence-electron chi connectivity index (χ3n) is 3.53. The fourth-order valence-corrected chi connectivity index (χ4v) is 2.38. The molecule has 0 saturated carbocycles. The maximum Gasteiger partial charge on any atom is 0.182 e. The van der Waals surface area contributed by atoms with E-state index in [9.17, 15) is 4.79 Å². The SMILES string of the molecule is O=C(Cn1ccnc1)c1ccc(C2C=CC=CC2)cc1. The van der Waals surface area contributed by atoms with Crippen LogP contribution in [0, 0.1) is 0 Å². The summed E-state index contributed by atoms with van der Waals surface area (Å²) in [4.78, 5) is 16.1. The second-order valence-electron chi connectivity index (χ2n) is 4.94. The normalized spacial score (nSPS) is 17.3. The molecule has 1 unspecified atom stereocenters. The maximum atomic E-state index is 12.1. The van der Waals surface area contributed by atoms with Gasteiger partial charge in [0.15, 0.2) is 5.78 Å². The first-order valence-corrected chi connectivity index (χ1v) is 6.75. The highest BCUT2D eigenvalue weighted by Crippen LogP contribution is 2.24. The second-order valence-corrected chi connectivity index (χ2v) is 4.94. The molecular weight excluding hydrogens is 248 g/mol. The van der Waals surface area contributed by atoms with Crippen LogP contribution in [0.15, 0.2) is 67.3 Å². The molecule has 1 heterocycles. The number of benzene rings is 1. The summed E-state index contributed by atoms with van der Waals surface area (Å²) in [7, 11) is 0. The zero-order chi connectivity index (χ0) is 13.8. The molecule has 1 aliphatic carbocycles. The van der Waals surface area contributed by atoms with Crippen LogP contribution < -0.4 is 0 Å². The predicted molar refractivity (Wildman–Crippen MR) is 78.6 cm³/mol. The van der Waals surface area contributed by atoms with Crippen molar-refractivity contribution in [3.63, 3.8) is 0 Å². The zero-order valence-electron chi connectivity index (χ0n) is 11.1. The summed E-state index contributed by atoms with van der Waals surface area (Å²) in [5.41, 5.74) is 2.00. The van der Waals surface area contributed by atoms with E-state index < -0.39 is 0 Å². The Morgan fingerprint density at radius 1 is 1.25 bits per heavy atom. The number of carbonyl (C=O) groups is 1. The molecule has 0 spiro atoms. The molecule has 1 atom stereocenters. The molecule has 1 aromatic carbocycles. The van der Waals surface area contributed by atoms with Crippen LogP contribution in [-0.2, 0) is 6.54 Å². The fraction of sp³-hybridized carbons (Fsp3) is 0.176. The van der Waals surface area contributed by atoms with Gasteiger partial charge in [-0.1, -0.05) is 48.6 Å². The van der Waals surface area contributed by atoms with Crippen molar-refractivity contribution in [2.24, 2.45) is 0 Å². The van der Waals surface area contributed by atoms with Crippen LogP contribution in [-0.4, -0.2) is 15.3 Å². The van der Waals surface area contributed by atoms with Crippen molar-refractivity contribution in [1.29, 1.82) is 0 Å². The molecular formula is C17H16N2O. The summed E-state index contributed by atoms with van der Waals surface area (Å²) >= 11 is 0. The van der Waals surface area contributed by atoms with Crippen LogP contribution in [0.1, 0.15) is 28.3 Å². The first-order valence-electron chi connectivity index (χ1n) is 6.75. The van der Waals surface area contributed by atoms with E-state index in [-0.39, 0.29) is 5.78 Å². The van der Waals surface area contributed by atoms with E-state index in [0.717, 1.165) is 12.0 Å². The molecule has 2 aromatic rings. The van der Waals surface area contributed by atoms with Crippen molar-refractivity contribution in [3.05, 3.63) is 78.4 Å².